The van der Waals surface area contributed by atoms with Crippen LogP contribution in [0.4, 0.5) is 18.9 Å². The Labute approximate surface area is 105 Å². The fourth-order valence-corrected chi connectivity index (χ4v) is 2.43. The number of rotatable bonds is 3. The van der Waals surface area contributed by atoms with E-state index >= 15 is 0 Å². The summed E-state index contributed by atoms with van der Waals surface area (Å²) >= 11 is 0. The molecule has 1 fully saturated rings. The predicted octanol–water partition coefficient (Wildman–Crippen LogP) is 4.70. The average molecular weight is 257 g/mol. The number of anilines is 1. The molecular weight excluding hydrogens is 239 g/mol. The van der Waals surface area contributed by atoms with Gasteiger partial charge in [-0.3, -0.25) is 0 Å². The lowest BCUT2D eigenvalue weighted by Gasteiger charge is -2.22. The minimum atomic E-state index is -4.25. The second-order valence-corrected chi connectivity index (χ2v) is 4.96. The molecular formula is C14H18F3N. The van der Waals surface area contributed by atoms with Gasteiger partial charge in [-0.05, 0) is 43.0 Å². The van der Waals surface area contributed by atoms with Crippen LogP contribution in [0.1, 0.15) is 37.7 Å². The van der Waals surface area contributed by atoms with Crippen molar-refractivity contribution in [3.63, 3.8) is 0 Å². The number of hydrogen-bond acceptors (Lipinski definition) is 1. The van der Waals surface area contributed by atoms with Gasteiger partial charge in [0.15, 0.2) is 0 Å². The molecule has 100 valence electrons. The summed E-state index contributed by atoms with van der Waals surface area (Å²) in [5, 5.41) is 3.23. The molecule has 2 rings (SSSR count). The van der Waals surface area contributed by atoms with Gasteiger partial charge in [0.1, 0.15) is 0 Å². The summed E-state index contributed by atoms with van der Waals surface area (Å²) in [6.45, 7) is 0.866. The van der Waals surface area contributed by atoms with Crippen LogP contribution in [0.2, 0.25) is 0 Å². The van der Waals surface area contributed by atoms with E-state index in [9.17, 15) is 13.2 Å². The summed E-state index contributed by atoms with van der Waals surface area (Å²) in [5.41, 5.74) is 0.180. The monoisotopic (exact) mass is 257 g/mol. The number of alkyl halides is 3. The Kier molecular flexibility index (Phi) is 4.15. The zero-order chi connectivity index (χ0) is 13.0. The SMILES string of the molecule is FC(F)(F)c1ccc(NCC2CCCCC2)cc1. The molecule has 4 heteroatoms. The number of benzene rings is 1. The maximum absolute atomic E-state index is 12.4. The molecule has 0 aliphatic heterocycles. The van der Waals surface area contributed by atoms with E-state index in [0.717, 1.165) is 24.4 Å². The molecule has 0 saturated heterocycles. The van der Waals surface area contributed by atoms with Crippen molar-refractivity contribution >= 4 is 5.69 Å². The lowest BCUT2D eigenvalue weighted by Crippen LogP contribution is -2.17. The van der Waals surface area contributed by atoms with E-state index in [1.807, 2.05) is 0 Å². The standard InChI is InChI=1S/C14H18F3N/c15-14(16,17)12-6-8-13(9-7-12)18-10-11-4-2-1-3-5-11/h6-9,11,18H,1-5,10H2. The Balaban J connectivity index is 1.86. The van der Waals surface area contributed by atoms with Crippen molar-refractivity contribution in [1.82, 2.24) is 0 Å². The first-order valence-electron chi connectivity index (χ1n) is 6.47. The van der Waals surface area contributed by atoms with Crippen LogP contribution in [-0.2, 0) is 6.18 Å². The Morgan fingerprint density at radius 3 is 2.17 bits per heavy atom. The molecule has 0 bridgehead atoms. The Bertz CT molecular complexity index is 364. The molecule has 0 amide bonds. The lowest BCUT2D eigenvalue weighted by atomic mass is 9.89. The van der Waals surface area contributed by atoms with Gasteiger partial charge in [-0.1, -0.05) is 19.3 Å². The van der Waals surface area contributed by atoms with Gasteiger partial charge < -0.3 is 5.32 Å². The van der Waals surface area contributed by atoms with E-state index < -0.39 is 11.7 Å². The van der Waals surface area contributed by atoms with Crippen molar-refractivity contribution in [2.24, 2.45) is 5.92 Å². The molecule has 0 spiro atoms. The van der Waals surface area contributed by atoms with Gasteiger partial charge in [-0.15, -0.1) is 0 Å². The van der Waals surface area contributed by atoms with Gasteiger partial charge >= 0.3 is 6.18 Å². The summed E-state index contributed by atoms with van der Waals surface area (Å²) in [6, 6.07) is 5.27. The predicted molar refractivity (Wildman–Crippen MR) is 66.5 cm³/mol. The maximum Gasteiger partial charge on any atom is 0.416 e. The molecule has 1 aromatic carbocycles. The first-order chi connectivity index (χ1) is 8.55. The van der Waals surface area contributed by atoms with Crippen LogP contribution in [-0.4, -0.2) is 6.54 Å². The number of nitrogens with one attached hydrogen (secondary N) is 1. The van der Waals surface area contributed by atoms with Crippen molar-refractivity contribution < 1.29 is 13.2 Å². The number of hydrogen-bond donors (Lipinski definition) is 1. The molecule has 0 radical (unpaired) electrons. The van der Waals surface area contributed by atoms with Gasteiger partial charge in [-0.2, -0.15) is 13.2 Å². The van der Waals surface area contributed by atoms with Crippen molar-refractivity contribution in [3.05, 3.63) is 29.8 Å². The third-order valence-electron chi connectivity index (χ3n) is 3.53. The van der Waals surface area contributed by atoms with Gasteiger partial charge in [-0.25, -0.2) is 0 Å². The maximum atomic E-state index is 12.4. The molecule has 0 unspecified atom stereocenters. The van der Waals surface area contributed by atoms with Crippen LogP contribution < -0.4 is 5.32 Å². The molecule has 0 heterocycles. The van der Waals surface area contributed by atoms with E-state index in [-0.39, 0.29) is 0 Å². The van der Waals surface area contributed by atoms with Crippen molar-refractivity contribution in [2.75, 3.05) is 11.9 Å². The highest BCUT2D eigenvalue weighted by atomic mass is 19.4. The van der Waals surface area contributed by atoms with Crippen LogP contribution in [0.25, 0.3) is 0 Å². The third kappa shape index (κ3) is 3.65. The Morgan fingerprint density at radius 1 is 1.00 bits per heavy atom. The summed E-state index contributed by atoms with van der Waals surface area (Å²) in [7, 11) is 0. The van der Waals surface area contributed by atoms with Gasteiger partial charge in [0.2, 0.25) is 0 Å². The van der Waals surface area contributed by atoms with Gasteiger partial charge in [0.05, 0.1) is 5.56 Å². The van der Waals surface area contributed by atoms with E-state index in [1.165, 1.54) is 44.2 Å². The first kappa shape index (κ1) is 13.2. The Hall–Kier alpha value is -1.19. The molecule has 1 N–H and O–H groups in total. The van der Waals surface area contributed by atoms with Crippen molar-refractivity contribution in [3.8, 4) is 0 Å². The fourth-order valence-electron chi connectivity index (χ4n) is 2.43. The molecule has 1 aliphatic rings. The van der Waals surface area contributed by atoms with Crippen LogP contribution >= 0.6 is 0 Å². The number of halogens is 3. The third-order valence-corrected chi connectivity index (χ3v) is 3.53. The minimum absolute atomic E-state index is 0.592. The highest BCUT2D eigenvalue weighted by molar-refractivity contribution is 5.45. The largest absolute Gasteiger partial charge is 0.416 e. The molecule has 18 heavy (non-hydrogen) atoms. The quantitative estimate of drug-likeness (QED) is 0.827. The zero-order valence-corrected chi connectivity index (χ0v) is 10.3. The summed E-state index contributed by atoms with van der Waals surface area (Å²) in [5.74, 6) is 0.668. The smallest absolute Gasteiger partial charge is 0.385 e. The molecule has 1 aliphatic carbocycles. The molecule has 0 aromatic heterocycles. The summed E-state index contributed by atoms with van der Waals surface area (Å²) in [4.78, 5) is 0. The van der Waals surface area contributed by atoms with Crippen LogP contribution in [0, 0.1) is 5.92 Å². The van der Waals surface area contributed by atoms with Gasteiger partial charge in [0.25, 0.3) is 0 Å². The second kappa shape index (κ2) is 5.63. The summed E-state index contributed by atoms with van der Waals surface area (Å²) in [6.07, 6.45) is 2.08. The molecule has 1 aromatic rings. The average Bonchev–Trinajstić information content (AvgIpc) is 2.37. The van der Waals surface area contributed by atoms with E-state index in [0.29, 0.717) is 5.92 Å². The fraction of sp³-hybridized carbons (Fsp3) is 0.571. The van der Waals surface area contributed by atoms with E-state index in [4.69, 9.17) is 0 Å². The normalized spacial score (nSPS) is 17.7. The second-order valence-electron chi connectivity index (χ2n) is 4.96. The van der Waals surface area contributed by atoms with E-state index in [2.05, 4.69) is 5.32 Å². The topological polar surface area (TPSA) is 12.0 Å². The molecule has 1 nitrogen and oxygen atoms in total. The lowest BCUT2D eigenvalue weighted by molar-refractivity contribution is -0.137. The van der Waals surface area contributed by atoms with Gasteiger partial charge in [0, 0.05) is 12.2 Å². The molecule has 1 saturated carbocycles. The van der Waals surface area contributed by atoms with Crippen molar-refractivity contribution in [2.45, 2.75) is 38.3 Å². The van der Waals surface area contributed by atoms with Crippen molar-refractivity contribution in [1.29, 1.82) is 0 Å². The summed E-state index contributed by atoms with van der Waals surface area (Å²) < 4.78 is 37.1. The van der Waals surface area contributed by atoms with E-state index in [1.54, 1.807) is 0 Å². The highest BCUT2D eigenvalue weighted by Gasteiger charge is 2.29. The molecule has 0 atom stereocenters. The first-order valence-corrected chi connectivity index (χ1v) is 6.47. The highest BCUT2D eigenvalue weighted by Crippen LogP contribution is 2.30. The minimum Gasteiger partial charge on any atom is -0.385 e. The van der Waals surface area contributed by atoms with Crippen LogP contribution in [0.5, 0.6) is 0 Å². The van der Waals surface area contributed by atoms with Crippen LogP contribution in [0.15, 0.2) is 24.3 Å². The Morgan fingerprint density at radius 2 is 1.61 bits per heavy atom. The van der Waals surface area contributed by atoms with Crippen LogP contribution in [0.3, 0.4) is 0 Å². The zero-order valence-electron chi connectivity index (χ0n) is 10.3.